The standard InChI is InChI=1S/C18H19ClN2O3/c1-2-24-18(23)12-7-9-21(10-8-12)17(22)14-11-16(19)20-15-6-4-3-5-13(14)15/h3-6,11-12H,2,7-10H2,1H3. The van der Waals surface area contributed by atoms with Gasteiger partial charge in [-0.2, -0.15) is 0 Å². The second kappa shape index (κ2) is 7.18. The van der Waals surface area contributed by atoms with Gasteiger partial charge in [0.25, 0.3) is 5.91 Å². The third-order valence-electron chi connectivity index (χ3n) is 4.32. The largest absolute Gasteiger partial charge is 0.466 e. The van der Waals surface area contributed by atoms with Gasteiger partial charge < -0.3 is 9.64 Å². The highest BCUT2D eigenvalue weighted by molar-refractivity contribution is 6.30. The Morgan fingerprint density at radius 1 is 1.29 bits per heavy atom. The molecule has 0 N–H and O–H groups in total. The lowest BCUT2D eigenvalue weighted by atomic mass is 9.96. The molecule has 1 aliphatic heterocycles. The molecule has 0 bridgehead atoms. The quantitative estimate of drug-likeness (QED) is 0.632. The van der Waals surface area contributed by atoms with E-state index in [-0.39, 0.29) is 17.8 Å². The summed E-state index contributed by atoms with van der Waals surface area (Å²) in [6, 6.07) is 9.07. The van der Waals surface area contributed by atoms with Crippen LogP contribution >= 0.6 is 11.6 Å². The summed E-state index contributed by atoms with van der Waals surface area (Å²) in [5, 5.41) is 1.10. The monoisotopic (exact) mass is 346 g/mol. The SMILES string of the molecule is CCOC(=O)C1CCN(C(=O)c2cc(Cl)nc3ccccc23)CC1. The van der Waals surface area contributed by atoms with Crippen LogP contribution in [0.2, 0.25) is 5.15 Å². The van der Waals surface area contributed by atoms with Crippen molar-refractivity contribution in [2.24, 2.45) is 5.92 Å². The first-order chi connectivity index (χ1) is 11.6. The number of halogens is 1. The van der Waals surface area contributed by atoms with Crippen molar-refractivity contribution in [3.05, 3.63) is 41.0 Å². The Bertz CT molecular complexity index is 770. The molecule has 0 saturated carbocycles. The summed E-state index contributed by atoms with van der Waals surface area (Å²) < 4.78 is 5.07. The average Bonchev–Trinajstić information content (AvgIpc) is 2.60. The summed E-state index contributed by atoms with van der Waals surface area (Å²) in [6.07, 6.45) is 1.25. The number of para-hydroxylation sites is 1. The van der Waals surface area contributed by atoms with E-state index in [0.717, 1.165) is 5.39 Å². The number of piperidine rings is 1. The van der Waals surface area contributed by atoms with Gasteiger partial charge in [-0.15, -0.1) is 0 Å². The lowest BCUT2D eigenvalue weighted by Gasteiger charge is -2.31. The van der Waals surface area contributed by atoms with Crippen LogP contribution in [0.5, 0.6) is 0 Å². The lowest BCUT2D eigenvalue weighted by molar-refractivity contribution is -0.149. The number of carbonyl (C=O) groups excluding carboxylic acids is 2. The summed E-state index contributed by atoms with van der Waals surface area (Å²) in [7, 11) is 0. The van der Waals surface area contributed by atoms with Crippen LogP contribution in [0.1, 0.15) is 30.1 Å². The minimum absolute atomic E-state index is 0.0715. The fourth-order valence-electron chi connectivity index (χ4n) is 3.07. The molecule has 2 heterocycles. The summed E-state index contributed by atoms with van der Waals surface area (Å²) >= 11 is 6.06. The predicted molar refractivity (Wildman–Crippen MR) is 92.0 cm³/mol. The maximum absolute atomic E-state index is 12.9. The van der Waals surface area contributed by atoms with E-state index in [1.807, 2.05) is 24.3 Å². The molecule has 0 atom stereocenters. The molecule has 126 valence electrons. The van der Waals surface area contributed by atoms with Gasteiger partial charge in [-0.25, -0.2) is 4.98 Å². The molecule has 1 fully saturated rings. The maximum Gasteiger partial charge on any atom is 0.309 e. The minimum atomic E-state index is -0.165. The highest BCUT2D eigenvalue weighted by Gasteiger charge is 2.29. The predicted octanol–water partition coefficient (Wildman–Crippen LogP) is 3.30. The smallest absolute Gasteiger partial charge is 0.309 e. The summed E-state index contributed by atoms with van der Waals surface area (Å²) in [5.74, 6) is -0.355. The van der Waals surface area contributed by atoms with Crippen LogP contribution in [0.15, 0.2) is 30.3 Å². The van der Waals surface area contributed by atoms with Crippen molar-refractivity contribution in [2.75, 3.05) is 19.7 Å². The van der Waals surface area contributed by atoms with Crippen LogP contribution in [0.4, 0.5) is 0 Å². The molecule has 0 radical (unpaired) electrons. The minimum Gasteiger partial charge on any atom is -0.466 e. The van der Waals surface area contributed by atoms with Gasteiger partial charge in [0.05, 0.1) is 23.6 Å². The first-order valence-corrected chi connectivity index (χ1v) is 8.49. The fraction of sp³-hybridized carbons (Fsp3) is 0.389. The third kappa shape index (κ3) is 3.36. The Hall–Kier alpha value is -2.14. The number of ether oxygens (including phenoxy) is 1. The Morgan fingerprint density at radius 2 is 2.00 bits per heavy atom. The summed E-state index contributed by atoms with van der Waals surface area (Å²) in [4.78, 5) is 30.7. The zero-order valence-corrected chi connectivity index (χ0v) is 14.3. The summed E-state index contributed by atoms with van der Waals surface area (Å²) in [5.41, 5.74) is 1.26. The van der Waals surface area contributed by atoms with E-state index >= 15 is 0 Å². The second-order valence-electron chi connectivity index (χ2n) is 5.83. The first-order valence-electron chi connectivity index (χ1n) is 8.11. The molecule has 0 aliphatic carbocycles. The number of rotatable bonds is 3. The van der Waals surface area contributed by atoms with Crippen molar-refractivity contribution in [1.29, 1.82) is 0 Å². The summed E-state index contributed by atoms with van der Waals surface area (Å²) in [6.45, 7) is 3.27. The van der Waals surface area contributed by atoms with E-state index in [2.05, 4.69) is 4.98 Å². The number of esters is 1. The fourth-order valence-corrected chi connectivity index (χ4v) is 3.27. The highest BCUT2D eigenvalue weighted by Crippen LogP contribution is 2.25. The van der Waals surface area contributed by atoms with Gasteiger partial charge in [0.2, 0.25) is 0 Å². The number of carbonyl (C=O) groups is 2. The van der Waals surface area contributed by atoms with E-state index in [1.165, 1.54) is 0 Å². The molecule has 1 aromatic heterocycles. The molecule has 1 saturated heterocycles. The van der Waals surface area contributed by atoms with E-state index in [9.17, 15) is 9.59 Å². The van der Waals surface area contributed by atoms with Crippen molar-refractivity contribution in [3.63, 3.8) is 0 Å². The number of likely N-dealkylation sites (tertiary alicyclic amines) is 1. The first kappa shape index (κ1) is 16.7. The molecule has 0 spiro atoms. The van der Waals surface area contributed by atoms with Gasteiger partial charge in [0.1, 0.15) is 5.15 Å². The van der Waals surface area contributed by atoms with Gasteiger partial charge in [0.15, 0.2) is 0 Å². The number of fused-ring (bicyclic) bond motifs is 1. The Kier molecular flexibility index (Phi) is 5.00. The number of hydrogen-bond acceptors (Lipinski definition) is 4. The molecule has 1 aliphatic rings. The Balaban J connectivity index is 1.78. The molecular formula is C18H19ClN2O3. The highest BCUT2D eigenvalue weighted by atomic mass is 35.5. The number of benzene rings is 1. The van der Waals surface area contributed by atoms with E-state index in [0.29, 0.717) is 48.8 Å². The number of nitrogens with zero attached hydrogens (tertiary/aromatic N) is 2. The van der Waals surface area contributed by atoms with E-state index < -0.39 is 0 Å². The van der Waals surface area contributed by atoms with Crippen molar-refractivity contribution in [3.8, 4) is 0 Å². The van der Waals surface area contributed by atoms with Crippen LogP contribution in [0.3, 0.4) is 0 Å². The molecule has 1 aromatic carbocycles. The Morgan fingerprint density at radius 3 is 2.71 bits per heavy atom. The van der Waals surface area contributed by atoms with Crippen molar-refractivity contribution >= 4 is 34.4 Å². The molecule has 5 nitrogen and oxygen atoms in total. The van der Waals surface area contributed by atoms with E-state index in [4.69, 9.17) is 16.3 Å². The van der Waals surface area contributed by atoms with Gasteiger partial charge in [0, 0.05) is 18.5 Å². The van der Waals surface area contributed by atoms with Crippen LogP contribution in [0, 0.1) is 5.92 Å². The number of hydrogen-bond donors (Lipinski definition) is 0. The molecule has 3 rings (SSSR count). The number of aromatic nitrogens is 1. The van der Waals surface area contributed by atoms with Crippen LogP contribution < -0.4 is 0 Å². The van der Waals surface area contributed by atoms with Crippen LogP contribution in [-0.4, -0.2) is 41.5 Å². The van der Waals surface area contributed by atoms with Gasteiger partial charge >= 0.3 is 5.97 Å². The lowest BCUT2D eigenvalue weighted by Crippen LogP contribution is -2.40. The molecule has 0 unspecified atom stereocenters. The molecule has 2 aromatic rings. The third-order valence-corrected chi connectivity index (χ3v) is 4.51. The zero-order valence-electron chi connectivity index (χ0n) is 13.5. The molecule has 24 heavy (non-hydrogen) atoms. The maximum atomic E-state index is 12.9. The normalized spacial score (nSPS) is 15.5. The number of pyridine rings is 1. The Labute approximate surface area is 145 Å². The average molecular weight is 347 g/mol. The zero-order chi connectivity index (χ0) is 17.1. The molecule has 1 amide bonds. The van der Waals surface area contributed by atoms with Gasteiger partial charge in [-0.1, -0.05) is 29.8 Å². The van der Waals surface area contributed by atoms with Crippen LogP contribution in [0.25, 0.3) is 10.9 Å². The molecule has 6 heteroatoms. The van der Waals surface area contributed by atoms with Gasteiger partial charge in [-0.3, -0.25) is 9.59 Å². The second-order valence-corrected chi connectivity index (χ2v) is 6.22. The van der Waals surface area contributed by atoms with Crippen LogP contribution in [-0.2, 0) is 9.53 Å². The molecular weight excluding hydrogens is 328 g/mol. The van der Waals surface area contributed by atoms with Crippen molar-refractivity contribution in [1.82, 2.24) is 9.88 Å². The van der Waals surface area contributed by atoms with E-state index in [1.54, 1.807) is 17.9 Å². The number of amides is 1. The topological polar surface area (TPSA) is 59.5 Å². The van der Waals surface area contributed by atoms with Crippen molar-refractivity contribution in [2.45, 2.75) is 19.8 Å². The van der Waals surface area contributed by atoms with Crippen molar-refractivity contribution < 1.29 is 14.3 Å². The van der Waals surface area contributed by atoms with Gasteiger partial charge in [-0.05, 0) is 31.9 Å².